The average Bonchev–Trinajstić information content (AvgIpc) is 3.01. The molecule has 0 radical (unpaired) electrons. The number of aliphatic hydroxyl groups is 1. The van der Waals surface area contributed by atoms with Crippen molar-refractivity contribution in [1.82, 2.24) is 0 Å². The summed E-state index contributed by atoms with van der Waals surface area (Å²) < 4.78 is 18.3. The molecule has 5 heteroatoms. The van der Waals surface area contributed by atoms with Gasteiger partial charge in [-0.05, 0) is 55.2 Å². The van der Waals surface area contributed by atoms with Crippen molar-refractivity contribution >= 4 is 11.3 Å². The van der Waals surface area contributed by atoms with Crippen LogP contribution in [0.25, 0.3) is 0 Å². The zero-order valence-corrected chi connectivity index (χ0v) is 14.5. The molecule has 128 valence electrons. The minimum atomic E-state index is -0.759. The van der Waals surface area contributed by atoms with E-state index in [-0.39, 0.29) is 11.7 Å². The van der Waals surface area contributed by atoms with E-state index in [4.69, 9.17) is 10.5 Å². The highest BCUT2D eigenvalue weighted by Gasteiger charge is 2.09. The third-order valence-corrected chi connectivity index (χ3v) is 4.67. The maximum Gasteiger partial charge on any atom is 0.123 e. The lowest BCUT2D eigenvalue weighted by atomic mass is 10.0. The molecule has 0 spiro atoms. The number of aliphatic hydroxyl groups excluding tert-OH is 1. The second-order valence-electron chi connectivity index (χ2n) is 5.63. The van der Waals surface area contributed by atoms with Crippen molar-refractivity contribution in [2.24, 2.45) is 11.7 Å². The van der Waals surface area contributed by atoms with Crippen molar-refractivity contribution in [2.45, 2.75) is 32.4 Å². The molecule has 1 aromatic carbocycles. The zero-order chi connectivity index (χ0) is 17.4. The van der Waals surface area contributed by atoms with Gasteiger partial charge < -0.3 is 15.6 Å². The number of thiophene rings is 1. The van der Waals surface area contributed by atoms with Crippen molar-refractivity contribution in [1.29, 1.82) is 0 Å². The van der Waals surface area contributed by atoms with Gasteiger partial charge in [-0.1, -0.05) is 18.8 Å². The first-order valence-electron chi connectivity index (χ1n) is 7.94. The van der Waals surface area contributed by atoms with Crippen molar-refractivity contribution in [3.8, 4) is 17.6 Å². The molecule has 2 rings (SSSR count). The number of ether oxygens (including phenoxy) is 1. The normalized spacial score (nSPS) is 13.0. The number of aryl methyl sites for hydroxylation is 1. The van der Waals surface area contributed by atoms with Crippen LogP contribution in [0.3, 0.4) is 0 Å². The standard InChI is InChI=1S/C19H22FNO2S/c1-14(19(21)22)5-10-18-12-11-17(24-18)4-2-3-13-23-16-8-6-15(20)7-9-16/h6-9,11-12,14,19,22H,3,5,10,13,21H2,1H3/t14-,19?/m1/s1. The summed E-state index contributed by atoms with van der Waals surface area (Å²) in [5.41, 5.74) is 5.46. The van der Waals surface area contributed by atoms with Crippen molar-refractivity contribution in [3.63, 3.8) is 0 Å². The van der Waals surface area contributed by atoms with E-state index in [1.54, 1.807) is 23.5 Å². The van der Waals surface area contributed by atoms with Gasteiger partial charge in [-0.3, -0.25) is 0 Å². The smallest absolute Gasteiger partial charge is 0.123 e. The van der Waals surface area contributed by atoms with E-state index in [2.05, 4.69) is 17.9 Å². The molecule has 1 unspecified atom stereocenters. The number of nitrogens with two attached hydrogens (primary N) is 1. The molecule has 3 N–H and O–H groups in total. The number of rotatable bonds is 7. The van der Waals surface area contributed by atoms with Crippen LogP contribution in [0.1, 0.15) is 29.5 Å². The molecular formula is C19H22FNO2S. The summed E-state index contributed by atoms with van der Waals surface area (Å²) in [6.07, 6.45) is 1.61. The number of hydrogen-bond acceptors (Lipinski definition) is 4. The Bertz CT molecular complexity index is 685. The number of benzene rings is 1. The van der Waals surface area contributed by atoms with Gasteiger partial charge in [-0.15, -0.1) is 11.3 Å². The van der Waals surface area contributed by atoms with Gasteiger partial charge in [0.1, 0.15) is 17.8 Å². The van der Waals surface area contributed by atoms with E-state index >= 15 is 0 Å². The van der Waals surface area contributed by atoms with Crippen LogP contribution in [0.2, 0.25) is 0 Å². The summed E-state index contributed by atoms with van der Waals surface area (Å²) in [6, 6.07) is 10.0. The van der Waals surface area contributed by atoms with Crippen LogP contribution in [-0.4, -0.2) is 17.9 Å². The highest BCUT2D eigenvalue weighted by atomic mass is 32.1. The largest absolute Gasteiger partial charge is 0.493 e. The Morgan fingerprint density at radius 2 is 2.00 bits per heavy atom. The van der Waals surface area contributed by atoms with E-state index < -0.39 is 6.23 Å². The SMILES string of the molecule is C[C@H](CCc1ccc(C#CCCOc2ccc(F)cc2)s1)C(N)O. The average molecular weight is 347 g/mol. The van der Waals surface area contributed by atoms with Crippen LogP contribution in [0, 0.1) is 23.6 Å². The predicted molar refractivity (Wildman–Crippen MR) is 95.4 cm³/mol. The summed E-state index contributed by atoms with van der Waals surface area (Å²) in [5.74, 6) is 6.67. The van der Waals surface area contributed by atoms with Crippen molar-refractivity contribution in [3.05, 3.63) is 52.0 Å². The monoisotopic (exact) mass is 347 g/mol. The Hall–Kier alpha value is -1.87. The maximum atomic E-state index is 12.8. The van der Waals surface area contributed by atoms with Crippen LogP contribution < -0.4 is 10.5 Å². The first kappa shape index (κ1) is 18.5. The minimum absolute atomic E-state index is 0.0882. The van der Waals surface area contributed by atoms with E-state index in [1.165, 1.54) is 17.0 Å². The van der Waals surface area contributed by atoms with Gasteiger partial charge >= 0.3 is 0 Å². The number of halogens is 1. The Labute approximate surface area is 146 Å². The summed E-state index contributed by atoms with van der Waals surface area (Å²) in [6.45, 7) is 2.42. The third-order valence-electron chi connectivity index (χ3n) is 3.61. The highest BCUT2D eigenvalue weighted by Crippen LogP contribution is 2.19. The van der Waals surface area contributed by atoms with E-state index in [1.807, 2.05) is 13.0 Å². The highest BCUT2D eigenvalue weighted by molar-refractivity contribution is 7.12. The molecule has 24 heavy (non-hydrogen) atoms. The molecule has 2 aromatic rings. The van der Waals surface area contributed by atoms with Gasteiger partial charge in [0, 0.05) is 11.3 Å². The topological polar surface area (TPSA) is 55.5 Å². The quantitative estimate of drug-likeness (QED) is 0.457. The third kappa shape index (κ3) is 6.32. The van der Waals surface area contributed by atoms with Crippen molar-refractivity contribution in [2.75, 3.05) is 6.61 Å². The molecule has 0 aliphatic rings. The molecule has 0 fully saturated rings. The number of hydrogen-bond donors (Lipinski definition) is 2. The minimum Gasteiger partial charge on any atom is -0.493 e. The summed E-state index contributed by atoms with van der Waals surface area (Å²) in [4.78, 5) is 2.27. The molecule has 2 atom stereocenters. The molecule has 1 heterocycles. The van der Waals surface area contributed by atoms with Gasteiger partial charge in [0.15, 0.2) is 0 Å². The van der Waals surface area contributed by atoms with Crippen LogP contribution >= 0.6 is 11.3 Å². The molecule has 0 aliphatic heterocycles. The maximum absolute atomic E-state index is 12.8. The summed E-state index contributed by atoms with van der Waals surface area (Å²) in [7, 11) is 0. The first-order valence-corrected chi connectivity index (χ1v) is 8.76. The fourth-order valence-corrected chi connectivity index (χ4v) is 2.92. The fourth-order valence-electron chi connectivity index (χ4n) is 2.02. The second kappa shape index (κ2) is 9.43. The molecule has 0 saturated heterocycles. The van der Waals surface area contributed by atoms with E-state index in [9.17, 15) is 9.50 Å². The predicted octanol–water partition coefficient (Wildman–Crippen LogP) is 3.55. The molecular weight excluding hydrogens is 325 g/mol. The van der Waals surface area contributed by atoms with Crippen LogP contribution in [-0.2, 0) is 6.42 Å². The zero-order valence-electron chi connectivity index (χ0n) is 13.7. The molecule has 0 saturated carbocycles. The lowest BCUT2D eigenvalue weighted by Gasteiger charge is -2.12. The van der Waals surface area contributed by atoms with Crippen molar-refractivity contribution < 1.29 is 14.2 Å². The van der Waals surface area contributed by atoms with Gasteiger partial charge in [-0.25, -0.2) is 4.39 Å². The second-order valence-corrected chi connectivity index (χ2v) is 6.79. The Morgan fingerprint density at radius 1 is 1.25 bits per heavy atom. The van der Waals surface area contributed by atoms with Gasteiger partial charge in [0.05, 0.1) is 11.5 Å². The molecule has 0 amide bonds. The van der Waals surface area contributed by atoms with E-state index in [0.29, 0.717) is 18.8 Å². The Kier molecular flexibility index (Phi) is 7.26. The van der Waals surface area contributed by atoms with Crippen LogP contribution in [0.4, 0.5) is 4.39 Å². The lowest BCUT2D eigenvalue weighted by molar-refractivity contribution is 0.119. The van der Waals surface area contributed by atoms with Gasteiger partial charge in [-0.2, -0.15) is 0 Å². The molecule has 0 bridgehead atoms. The Morgan fingerprint density at radius 3 is 2.71 bits per heavy atom. The Balaban J connectivity index is 1.72. The van der Waals surface area contributed by atoms with Gasteiger partial charge in [0.25, 0.3) is 0 Å². The first-order chi connectivity index (χ1) is 11.5. The van der Waals surface area contributed by atoms with Gasteiger partial charge in [0.2, 0.25) is 0 Å². The fraction of sp³-hybridized carbons (Fsp3) is 0.368. The molecule has 3 nitrogen and oxygen atoms in total. The molecule has 0 aliphatic carbocycles. The summed E-state index contributed by atoms with van der Waals surface area (Å²) >= 11 is 1.66. The van der Waals surface area contributed by atoms with E-state index in [0.717, 1.165) is 17.7 Å². The summed E-state index contributed by atoms with van der Waals surface area (Å²) in [5, 5.41) is 9.30. The molecule has 1 aromatic heterocycles. The van der Waals surface area contributed by atoms with Crippen LogP contribution in [0.5, 0.6) is 5.75 Å². The lowest BCUT2D eigenvalue weighted by Crippen LogP contribution is -2.27. The van der Waals surface area contributed by atoms with Crippen LogP contribution in [0.15, 0.2) is 36.4 Å².